The lowest BCUT2D eigenvalue weighted by Crippen LogP contribution is -2.48. The number of nitrogens with one attached hydrogen (secondary N) is 1. The van der Waals surface area contributed by atoms with E-state index in [4.69, 9.17) is 15.2 Å². The molecule has 1 aromatic carbocycles. The second kappa shape index (κ2) is 9.83. The molecule has 3 aliphatic rings. The van der Waals surface area contributed by atoms with Gasteiger partial charge in [0.25, 0.3) is 5.91 Å². The zero-order chi connectivity index (χ0) is 28.5. The smallest absolute Gasteiger partial charge is 0.410 e. The van der Waals surface area contributed by atoms with Gasteiger partial charge < -0.3 is 25.4 Å². The van der Waals surface area contributed by atoms with Gasteiger partial charge in [0.1, 0.15) is 27.7 Å². The fraction of sp³-hybridized carbons (Fsp3) is 0.536. The van der Waals surface area contributed by atoms with Crippen molar-refractivity contribution in [1.82, 2.24) is 15.2 Å². The van der Waals surface area contributed by atoms with E-state index in [0.717, 1.165) is 22.5 Å². The molecule has 3 aliphatic heterocycles. The lowest BCUT2D eigenvalue weighted by Gasteiger charge is -2.40. The number of halogens is 2. The van der Waals surface area contributed by atoms with E-state index in [1.807, 2.05) is 27.7 Å². The van der Waals surface area contributed by atoms with Crippen molar-refractivity contribution in [2.75, 3.05) is 12.3 Å². The van der Waals surface area contributed by atoms with Crippen LogP contribution >= 0.6 is 22.7 Å². The summed E-state index contributed by atoms with van der Waals surface area (Å²) in [6, 6.07) is 0.925. The fourth-order valence-electron chi connectivity index (χ4n) is 6.23. The van der Waals surface area contributed by atoms with Gasteiger partial charge in [-0.1, -0.05) is 0 Å². The highest BCUT2D eigenvalue weighted by molar-refractivity contribution is 7.29. The highest BCUT2D eigenvalue weighted by atomic mass is 32.1. The van der Waals surface area contributed by atoms with E-state index in [2.05, 4.69) is 10.3 Å². The normalized spacial score (nSPS) is 24.1. The number of carbonyl (C=O) groups excluding carboxylic acids is 2. The van der Waals surface area contributed by atoms with Gasteiger partial charge in [0.05, 0.1) is 21.4 Å². The van der Waals surface area contributed by atoms with Crippen LogP contribution in [0.2, 0.25) is 0 Å². The van der Waals surface area contributed by atoms with Gasteiger partial charge in [0.15, 0.2) is 11.6 Å². The Morgan fingerprint density at radius 3 is 2.52 bits per heavy atom. The lowest BCUT2D eigenvalue weighted by molar-refractivity contribution is 0.00570. The number of thiophene rings is 1. The summed E-state index contributed by atoms with van der Waals surface area (Å²) in [7, 11) is 0. The Kier molecular flexibility index (Phi) is 6.68. The molecule has 2 fully saturated rings. The summed E-state index contributed by atoms with van der Waals surface area (Å²) in [4.78, 5) is 33.0. The average Bonchev–Trinajstić information content (AvgIpc) is 3.49. The second-order valence-electron chi connectivity index (χ2n) is 11.9. The van der Waals surface area contributed by atoms with Gasteiger partial charge in [-0.2, -0.15) is 0 Å². The molecule has 5 heterocycles. The molecule has 0 radical (unpaired) electrons. The van der Waals surface area contributed by atoms with Gasteiger partial charge >= 0.3 is 6.09 Å². The van der Waals surface area contributed by atoms with E-state index < -0.39 is 23.3 Å². The number of aromatic nitrogens is 1. The van der Waals surface area contributed by atoms with Crippen LogP contribution < -0.4 is 15.8 Å². The molecule has 3 aromatic rings. The van der Waals surface area contributed by atoms with Gasteiger partial charge in [-0.15, -0.1) is 22.7 Å². The van der Waals surface area contributed by atoms with E-state index in [9.17, 15) is 9.59 Å². The first kappa shape index (κ1) is 27.2. The minimum absolute atomic E-state index is 0.0725. The molecular formula is C28H32F2N4O4S2. The maximum Gasteiger partial charge on any atom is 0.410 e. The first-order valence-corrected chi connectivity index (χ1v) is 15.1. The van der Waals surface area contributed by atoms with Crippen molar-refractivity contribution in [3.63, 3.8) is 0 Å². The second-order valence-corrected chi connectivity index (χ2v) is 14.1. The minimum Gasteiger partial charge on any atom is -0.491 e. The number of amides is 2. The van der Waals surface area contributed by atoms with Crippen LogP contribution in [0.5, 0.6) is 5.75 Å². The Morgan fingerprint density at radius 2 is 1.88 bits per heavy atom. The van der Waals surface area contributed by atoms with E-state index in [1.54, 1.807) is 11.0 Å². The Labute approximate surface area is 238 Å². The molecule has 2 amide bonds. The van der Waals surface area contributed by atoms with E-state index in [-0.39, 0.29) is 54.2 Å². The lowest BCUT2D eigenvalue weighted by atomic mass is 9.83. The Hall–Kier alpha value is -2.99. The number of hydrogen-bond acceptors (Lipinski definition) is 8. The number of thiazole rings is 1. The molecule has 6 rings (SSSR count). The number of rotatable bonds is 3. The third kappa shape index (κ3) is 4.78. The van der Waals surface area contributed by atoms with Crippen molar-refractivity contribution < 1.29 is 27.8 Å². The van der Waals surface area contributed by atoms with Gasteiger partial charge in [-0.25, -0.2) is 18.6 Å². The van der Waals surface area contributed by atoms with Crippen LogP contribution in [0.25, 0.3) is 9.53 Å². The van der Waals surface area contributed by atoms with Crippen LogP contribution in [-0.2, 0) is 11.2 Å². The number of ether oxygens (including phenoxy) is 2. The Balaban J connectivity index is 1.17. The monoisotopic (exact) mass is 590 g/mol. The molecule has 0 spiro atoms. The quantitative estimate of drug-likeness (QED) is 0.393. The number of nitrogen functional groups attached to an aromatic ring is 1. The molecule has 0 aliphatic carbocycles. The molecule has 40 heavy (non-hydrogen) atoms. The van der Waals surface area contributed by atoms with Gasteiger partial charge in [0.2, 0.25) is 0 Å². The summed E-state index contributed by atoms with van der Waals surface area (Å²) >= 11 is 2.65. The van der Waals surface area contributed by atoms with E-state index in [0.29, 0.717) is 34.0 Å². The number of piperidine rings is 1. The van der Waals surface area contributed by atoms with Crippen LogP contribution in [0.3, 0.4) is 0 Å². The number of benzene rings is 1. The number of nitrogens with two attached hydrogens (primary N) is 1. The minimum atomic E-state index is -0.941. The molecule has 2 unspecified atom stereocenters. The summed E-state index contributed by atoms with van der Waals surface area (Å²) in [5.41, 5.74) is 6.38. The molecule has 214 valence electrons. The van der Waals surface area contributed by atoms with Crippen LogP contribution in [0.15, 0.2) is 6.07 Å². The van der Waals surface area contributed by atoms with Crippen molar-refractivity contribution in [2.24, 2.45) is 0 Å². The zero-order valence-electron chi connectivity index (χ0n) is 22.8. The fourth-order valence-corrected chi connectivity index (χ4v) is 8.32. The standard InChI is InChI=1S/C28H32F2N4O4S2/c1-12-32-26-24(39-12)22(31)23(40-26)25(35)33-14-9-18-19(37-11-14)10-17(20(29)21(18)30)13-7-15-5-6-16(8-13)34(15)27(36)38-28(2,3)4/h10,13-16H,5-9,11,31H2,1-4H3,(H,33,35)/t13?,14-,15?,16?/m1/s1. The first-order chi connectivity index (χ1) is 18.9. The molecular weight excluding hydrogens is 558 g/mol. The summed E-state index contributed by atoms with van der Waals surface area (Å²) in [5.74, 6) is -2.13. The molecule has 12 heteroatoms. The molecule has 2 bridgehead atoms. The van der Waals surface area contributed by atoms with Crippen molar-refractivity contribution in [2.45, 2.75) is 89.4 Å². The topological polar surface area (TPSA) is 107 Å². The molecule has 2 saturated heterocycles. The van der Waals surface area contributed by atoms with Crippen molar-refractivity contribution in [3.8, 4) is 5.75 Å². The molecule has 2 aromatic heterocycles. The van der Waals surface area contributed by atoms with E-state index in [1.165, 1.54) is 22.7 Å². The maximum atomic E-state index is 15.5. The molecule has 8 nitrogen and oxygen atoms in total. The molecule has 3 N–H and O–H groups in total. The number of fused-ring (bicyclic) bond motifs is 4. The summed E-state index contributed by atoms with van der Waals surface area (Å²) in [6.07, 6.45) is 2.46. The van der Waals surface area contributed by atoms with E-state index >= 15 is 8.78 Å². The van der Waals surface area contributed by atoms with Crippen LogP contribution in [-0.4, -0.2) is 52.2 Å². The summed E-state index contributed by atoms with van der Waals surface area (Å²) in [6.45, 7) is 7.50. The largest absolute Gasteiger partial charge is 0.491 e. The van der Waals surface area contributed by atoms with Crippen LogP contribution in [0, 0.1) is 18.6 Å². The predicted molar refractivity (Wildman–Crippen MR) is 150 cm³/mol. The Morgan fingerprint density at radius 1 is 1.18 bits per heavy atom. The number of carbonyl (C=O) groups is 2. The number of aryl methyl sites for hydroxylation is 1. The van der Waals surface area contributed by atoms with Gasteiger partial charge in [-0.05, 0) is 70.9 Å². The first-order valence-electron chi connectivity index (χ1n) is 13.5. The third-order valence-corrected chi connectivity index (χ3v) is 10.1. The summed E-state index contributed by atoms with van der Waals surface area (Å²) in [5, 5.41) is 3.73. The van der Waals surface area contributed by atoms with Crippen molar-refractivity contribution in [1.29, 1.82) is 0 Å². The van der Waals surface area contributed by atoms with Crippen LogP contribution in [0.1, 0.15) is 78.2 Å². The predicted octanol–water partition coefficient (Wildman–Crippen LogP) is 5.91. The van der Waals surface area contributed by atoms with Crippen LogP contribution in [0.4, 0.5) is 19.3 Å². The average molecular weight is 591 g/mol. The molecule has 0 saturated carbocycles. The van der Waals surface area contributed by atoms with Crippen molar-refractivity contribution in [3.05, 3.63) is 38.7 Å². The number of anilines is 1. The highest BCUT2D eigenvalue weighted by Crippen LogP contribution is 2.46. The number of hydrogen-bond donors (Lipinski definition) is 2. The zero-order valence-corrected chi connectivity index (χ0v) is 24.4. The molecule has 3 atom stereocenters. The van der Waals surface area contributed by atoms with Crippen molar-refractivity contribution >= 4 is 49.9 Å². The SMILES string of the molecule is Cc1nc2sc(C(=O)N[C@H]3COc4cc(C5CC6CCC(C5)N6C(=O)OC(C)(C)C)c(F)c(F)c4C3)c(N)c2s1. The Bertz CT molecular complexity index is 1500. The number of nitrogens with zero attached hydrogens (tertiary/aromatic N) is 2. The van der Waals surface area contributed by atoms with Gasteiger partial charge in [-0.3, -0.25) is 4.79 Å². The maximum absolute atomic E-state index is 15.5. The highest BCUT2D eigenvalue weighted by Gasteiger charge is 2.46. The third-order valence-electron chi connectivity index (χ3n) is 7.90. The van der Waals surface area contributed by atoms with Gasteiger partial charge in [0, 0.05) is 24.1 Å². The summed E-state index contributed by atoms with van der Waals surface area (Å²) < 4.78 is 43.2.